The van der Waals surface area contributed by atoms with E-state index in [2.05, 4.69) is 5.32 Å². The van der Waals surface area contributed by atoms with Gasteiger partial charge in [0.05, 0.1) is 13.7 Å². The number of fused-ring (bicyclic) bond motifs is 1. The lowest BCUT2D eigenvalue weighted by Gasteiger charge is -2.35. The number of amides is 1. The minimum absolute atomic E-state index is 0.0750. The molecule has 4 heteroatoms. The first kappa shape index (κ1) is 16.3. The summed E-state index contributed by atoms with van der Waals surface area (Å²) >= 11 is 0. The molecule has 1 saturated carbocycles. The summed E-state index contributed by atoms with van der Waals surface area (Å²) in [7, 11) is 1.65. The summed E-state index contributed by atoms with van der Waals surface area (Å²) in [5.41, 5.74) is 1.11. The van der Waals surface area contributed by atoms with Gasteiger partial charge in [0.2, 0.25) is 5.91 Å². The van der Waals surface area contributed by atoms with E-state index in [0.29, 0.717) is 25.3 Å². The first-order chi connectivity index (χ1) is 11.1. The molecule has 126 valence electrons. The normalized spacial score (nSPS) is 24.3. The minimum Gasteiger partial charge on any atom is -0.497 e. The van der Waals surface area contributed by atoms with Gasteiger partial charge >= 0.3 is 0 Å². The van der Waals surface area contributed by atoms with Gasteiger partial charge in [0.15, 0.2) is 0 Å². The van der Waals surface area contributed by atoms with E-state index in [1.165, 1.54) is 25.7 Å². The summed E-state index contributed by atoms with van der Waals surface area (Å²) in [6, 6.07) is 5.83. The van der Waals surface area contributed by atoms with Gasteiger partial charge in [-0.1, -0.05) is 18.9 Å². The number of aryl methyl sites for hydroxylation is 1. The lowest BCUT2D eigenvalue weighted by atomic mass is 9.79. The third-order valence-corrected chi connectivity index (χ3v) is 5.38. The molecule has 2 aliphatic carbocycles. The van der Waals surface area contributed by atoms with E-state index in [0.717, 1.165) is 29.7 Å². The Hall–Kier alpha value is -1.55. The molecule has 23 heavy (non-hydrogen) atoms. The minimum atomic E-state index is -0.953. The van der Waals surface area contributed by atoms with Crippen molar-refractivity contribution in [2.24, 2.45) is 5.92 Å². The third-order valence-electron chi connectivity index (χ3n) is 5.38. The van der Waals surface area contributed by atoms with Crippen molar-refractivity contribution in [2.75, 3.05) is 13.7 Å². The van der Waals surface area contributed by atoms with Crippen molar-refractivity contribution in [3.05, 3.63) is 29.3 Å². The SMILES string of the molecule is COc1ccc2c(c1)CCCC2(O)CNC(=O)CC1CCCC1. The van der Waals surface area contributed by atoms with Crippen LogP contribution in [0.15, 0.2) is 18.2 Å². The van der Waals surface area contributed by atoms with E-state index in [4.69, 9.17) is 4.74 Å². The van der Waals surface area contributed by atoms with Crippen LogP contribution in [-0.4, -0.2) is 24.7 Å². The zero-order valence-electron chi connectivity index (χ0n) is 13.9. The van der Waals surface area contributed by atoms with Crippen LogP contribution in [0.3, 0.4) is 0 Å². The Morgan fingerprint density at radius 3 is 2.87 bits per heavy atom. The first-order valence-corrected chi connectivity index (χ1v) is 8.77. The quantitative estimate of drug-likeness (QED) is 0.878. The van der Waals surface area contributed by atoms with Crippen molar-refractivity contribution >= 4 is 5.91 Å². The van der Waals surface area contributed by atoms with E-state index in [1.807, 2.05) is 18.2 Å². The molecule has 4 nitrogen and oxygen atoms in total. The standard InChI is InChI=1S/C19H27NO3/c1-23-16-8-9-17-15(12-16)7-4-10-19(17,22)13-20-18(21)11-14-5-2-3-6-14/h8-9,12,14,22H,2-7,10-11,13H2,1H3,(H,20,21). The molecule has 1 aromatic carbocycles. The molecule has 3 rings (SSSR count). The van der Waals surface area contributed by atoms with Crippen molar-refractivity contribution < 1.29 is 14.6 Å². The number of hydrogen-bond acceptors (Lipinski definition) is 3. The van der Waals surface area contributed by atoms with Crippen LogP contribution in [0.4, 0.5) is 0 Å². The Labute approximate surface area is 138 Å². The predicted octanol–water partition coefficient (Wildman–Crippen LogP) is 2.92. The van der Waals surface area contributed by atoms with Gasteiger partial charge in [-0.05, 0) is 61.3 Å². The summed E-state index contributed by atoms with van der Waals surface area (Å²) in [4.78, 5) is 12.2. The molecular weight excluding hydrogens is 290 g/mol. The van der Waals surface area contributed by atoms with E-state index < -0.39 is 5.60 Å². The summed E-state index contributed by atoms with van der Waals surface area (Å²) < 4.78 is 5.27. The maximum Gasteiger partial charge on any atom is 0.220 e. The molecule has 1 unspecified atom stereocenters. The van der Waals surface area contributed by atoms with Crippen molar-refractivity contribution in [1.29, 1.82) is 0 Å². The lowest BCUT2D eigenvalue weighted by Crippen LogP contribution is -2.43. The highest BCUT2D eigenvalue weighted by molar-refractivity contribution is 5.76. The first-order valence-electron chi connectivity index (χ1n) is 8.77. The van der Waals surface area contributed by atoms with Gasteiger partial charge in [0, 0.05) is 6.42 Å². The number of carbonyl (C=O) groups is 1. The second-order valence-corrected chi connectivity index (χ2v) is 7.04. The number of methoxy groups -OCH3 is 1. The summed E-state index contributed by atoms with van der Waals surface area (Å²) in [5, 5.41) is 14.0. The second-order valence-electron chi connectivity index (χ2n) is 7.04. The van der Waals surface area contributed by atoms with Gasteiger partial charge in [0.25, 0.3) is 0 Å². The number of rotatable bonds is 5. The van der Waals surface area contributed by atoms with Crippen LogP contribution in [0.2, 0.25) is 0 Å². The Bertz CT molecular complexity index is 566. The van der Waals surface area contributed by atoms with Gasteiger partial charge < -0.3 is 15.2 Å². The topological polar surface area (TPSA) is 58.6 Å². The number of ether oxygens (including phenoxy) is 1. The molecule has 0 aromatic heterocycles. The zero-order chi connectivity index (χ0) is 16.3. The summed E-state index contributed by atoms with van der Waals surface area (Å²) in [6.45, 7) is 0.303. The van der Waals surface area contributed by atoms with Crippen molar-refractivity contribution in [3.8, 4) is 5.75 Å². The van der Waals surface area contributed by atoms with Gasteiger partial charge in [-0.3, -0.25) is 4.79 Å². The smallest absolute Gasteiger partial charge is 0.220 e. The van der Waals surface area contributed by atoms with Crippen LogP contribution >= 0.6 is 0 Å². The van der Waals surface area contributed by atoms with E-state index in [1.54, 1.807) is 7.11 Å². The van der Waals surface area contributed by atoms with Crippen LogP contribution in [0.1, 0.15) is 56.1 Å². The van der Waals surface area contributed by atoms with Crippen molar-refractivity contribution in [3.63, 3.8) is 0 Å². The largest absolute Gasteiger partial charge is 0.497 e. The number of carbonyl (C=O) groups excluding carboxylic acids is 1. The fourth-order valence-electron chi connectivity index (χ4n) is 4.04. The van der Waals surface area contributed by atoms with Crippen molar-refractivity contribution in [2.45, 2.75) is 57.0 Å². The Kier molecular flexibility index (Phi) is 4.90. The van der Waals surface area contributed by atoms with E-state index in [-0.39, 0.29) is 5.91 Å². The molecular formula is C19H27NO3. The van der Waals surface area contributed by atoms with Crippen LogP contribution < -0.4 is 10.1 Å². The highest BCUT2D eigenvalue weighted by Crippen LogP contribution is 2.36. The van der Waals surface area contributed by atoms with Crippen LogP contribution in [-0.2, 0) is 16.8 Å². The Morgan fingerprint density at radius 1 is 1.35 bits per heavy atom. The second kappa shape index (κ2) is 6.91. The Morgan fingerprint density at radius 2 is 2.13 bits per heavy atom. The average molecular weight is 317 g/mol. The van der Waals surface area contributed by atoms with E-state index in [9.17, 15) is 9.90 Å². The maximum atomic E-state index is 12.2. The average Bonchev–Trinajstić information content (AvgIpc) is 3.06. The fourth-order valence-corrected chi connectivity index (χ4v) is 4.04. The number of nitrogens with one attached hydrogen (secondary N) is 1. The summed E-state index contributed by atoms with van der Waals surface area (Å²) in [5.74, 6) is 1.43. The number of aliphatic hydroxyl groups is 1. The summed E-state index contributed by atoms with van der Waals surface area (Å²) in [6.07, 6.45) is 8.00. The molecule has 0 aliphatic heterocycles. The number of benzene rings is 1. The maximum absolute atomic E-state index is 12.2. The Balaban J connectivity index is 1.64. The zero-order valence-corrected chi connectivity index (χ0v) is 13.9. The van der Waals surface area contributed by atoms with Gasteiger partial charge in [0.1, 0.15) is 11.4 Å². The molecule has 0 bridgehead atoms. The van der Waals surface area contributed by atoms with Crippen LogP contribution in [0, 0.1) is 5.92 Å². The van der Waals surface area contributed by atoms with Crippen molar-refractivity contribution in [1.82, 2.24) is 5.32 Å². The monoisotopic (exact) mass is 317 g/mol. The van der Waals surface area contributed by atoms with Gasteiger partial charge in [-0.2, -0.15) is 0 Å². The highest BCUT2D eigenvalue weighted by atomic mass is 16.5. The van der Waals surface area contributed by atoms with E-state index >= 15 is 0 Å². The molecule has 2 aliphatic rings. The highest BCUT2D eigenvalue weighted by Gasteiger charge is 2.35. The fraction of sp³-hybridized carbons (Fsp3) is 0.632. The molecule has 2 N–H and O–H groups in total. The molecule has 0 heterocycles. The molecule has 0 saturated heterocycles. The molecule has 0 radical (unpaired) electrons. The van der Waals surface area contributed by atoms with Gasteiger partial charge in [-0.25, -0.2) is 0 Å². The van der Waals surface area contributed by atoms with Gasteiger partial charge in [-0.15, -0.1) is 0 Å². The molecule has 0 spiro atoms. The third kappa shape index (κ3) is 3.69. The number of hydrogen-bond donors (Lipinski definition) is 2. The van der Waals surface area contributed by atoms with Crippen LogP contribution in [0.5, 0.6) is 5.75 Å². The lowest BCUT2D eigenvalue weighted by molar-refractivity contribution is -0.123. The van der Waals surface area contributed by atoms with Crippen LogP contribution in [0.25, 0.3) is 0 Å². The molecule has 1 fully saturated rings. The molecule has 1 aromatic rings. The molecule has 1 atom stereocenters. The predicted molar refractivity (Wildman–Crippen MR) is 89.4 cm³/mol. The molecule has 1 amide bonds.